The third-order valence-corrected chi connectivity index (χ3v) is 4.17. The van der Waals surface area contributed by atoms with E-state index in [0.29, 0.717) is 17.9 Å². The third-order valence-electron chi connectivity index (χ3n) is 3.84. The number of hydrogen-bond acceptors (Lipinski definition) is 6. The Hall–Kier alpha value is -3.13. The van der Waals surface area contributed by atoms with Crippen LogP contribution in [0.3, 0.4) is 0 Å². The van der Waals surface area contributed by atoms with Gasteiger partial charge in [-0.05, 0) is 30.2 Å². The number of carbonyl (C=O) groups excluding carboxylic acids is 2. The molecule has 0 aliphatic rings. The molecule has 0 saturated heterocycles. The van der Waals surface area contributed by atoms with Crippen LogP contribution in [-0.2, 0) is 4.79 Å². The summed E-state index contributed by atoms with van der Waals surface area (Å²) in [5.41, 5.74) is 0.0912. The molecule has 2 rings (SSSR count). The van der Waals surface area contributed by atoms with Crippen LogP contribution < -0.4 is 15.2 Å². The summed E-state index contributed by atoms with van der Waals surface area (Å²) >= 11 is 5.97. The van der Waals surface area contributed by atoms with Crippen LogP contribution in [0.5, 0.6) is 5.75 Å². The van der Waals surface area contributed by atoms with E-state index in [1.807, 2.05) is 6.92 Å². The van der Waals surface area contributed by atoms with E-state index in [0.717, 1.165) is 12.5 Å². The average Bonchev–Trinajstić information content (AvgIpc) is 2.66. The van der Waals surface area contributed by atoms with Crippen LogP contribution in [0, 0.1) is 10.1 Å². The van der Waals surface area contributed by atoms with Crippen LogP contribution in [0.2, 0.25) is 5.02 Å². The smallest absolute Gasteiger partial charge is 0.270 e. The van der Waals surface area contributed by atoms with Crippen molar-refractivity contribution in [2.24, 2.45) is 0 Å². The number of halogens is 1. The van der Waals surface area contributed by atoms with E-state index in [1.54, 1.807) is 24.3 Å². The van der Waals surface area contributed by atoms with Crippen LogP contribution in [0.4, 0.5) is 5.69 Å². The summed E-state index contributed by atoms with van der Waals surface area (Å²) in [6.07, 6.45) is 0.364. The van der Waals surface area contributed by atoms with Crippen molar-refractivity contribution >= 4 is 29.2 Å². The number of benzene rings is 2. The first kappa shape index (κ1) is 21.2. The first-order valence-corrected chi connectivity index (χ1v) is 8.87. The number of ether oxygens (including phenoxy) is 1. The van der Waals surface area contributed by atoms with E-state index in [9.17, 15) is 24.8 Å². The van der Waals surface area contributed by atoms with Crippen molar-refractivity contribution in [3.8, 4) is 5.75 Å². The summed E-state index contributed by atoms with van der Waals surface area (Å²) < 4.78 is 5.48. The number of nitro groups is 1. The summed E-state index contributed by atoms with van der Waals surface area (Å²) in [6, 6.07) is 9.14. The van der Waals surface area contributed by atoms with Crippen LogP contribution in [0.1, 0.15) is 41.7 Å². The number of rotatable bonds is 9. The Balaban J connectivity index is 2.24. The van der Waals surface area contributed by atoms with Crippen molar-refractivity contribution in [2.75, 3.05) is 6.61 Å². The second kappa shape index (κ2) is 9.70. The number of carbonyl (C=O) groups is 2. The summed E-state index contributed by atoms with van der Waals surface area (Å²) in [5.74, 6) is -1.47. The number of non-ortho nitro benzene ring substituents is 1. The van der Waals surface area contributed by atoms with Gasteiger partial charge < -0.3 is 20.0 Å². The van der Waals surface area contributed by atoms with E-state index in [4.69, 9.17) is 16.3 Å². The molecule has 28 heavy (non-hydrogen) atoms. The Bertz CT molecular complexity index is 869. The minimum Gasteiger partial charge on any atom is -0.550 e. The van der Waals surface area contributed by atoms with Crippen LogP contribution in [-0.4, -0.2) is 23.4 Å². The molecule has 0 unspecified atom stereocenters. The first-order valence-electron chi connectivity index (χ1n) is 8.49. The lowest BCUT2D eigenvalue weighted by molar-refractivity contribution is -0.384. The number of nitro benzene ring substituents is 1. The van der Waals surface area contributed by atoms with Gasteiger partial charge in [0.05, 0.1) is 28.2 Å². The molecule has 1 amide bonds. The quantitative estimate of drug-likeness (QED) is 0.505. The number of amides is 1. The van der Waals surface area contributed by atoms with Crippen molar-refractivity contribution in [2.45, 2.75) is 25.8 Å². The SMILES string of the molecule is CCCOc1ccc([C@@H](CC(=O)[O-])NC(=O)c2cc([N+](=O)[O-])ccc2Cl)cc1. The standard InChI is InChI=1S/C19H19ClN2O6/c1-2-9-28-14-6-3-12(4-7-14)17(11-18(23)24)21-19(25)15-10-13(22(26)27)5-8-16(15)20/h3-8,10,17H,2,9,11H2,1H3,(H,21,25)(H,23,24)/p-1/t17-/m1/s1. The number of nitrogens with zero attached hydrogens (tertiary/aromatic N) is 1. The van der Waals surface area contributed by atoms with Crippen molar-refractivity contribution < 1.29 is 24.4 Å². The highest BCUT2D eigenvalue weighted by Gasteiger charge is 2.20. The molecule has 0 spiro atoms. The van der Waals surface area contributed by atoms with Gasteiger partial charge in [0.25, 0.3) is 11.6 Å². The Labute approximate surface area is 166 Å². The third kappa shape index (κ3) is 5.68. The lowest BCUT2D eigenvalue weighted by atomic mass is 10.0. The lowest BCUT2D eigenvalue weighted by Crippen LogP contribution is -2.34. The predicted molar refractivity (Wildman–Crippen MR) is 100 cm³/mol. The average molecular weight is 406 g/mol. The summed E-state index contributed by atoms with van der Waals surface area (Å²) in [6.45, 7) is 2.52. The number of hydrogen-bond donors (Lipinski definition) is 1. The van der Waals surface area contributed by atoms with Crippen LogP contribution >= 0.6 is 11.6 Å². The Morgan fingerprint density at radius 3 is 2.46 bits per heavy atom. The fraction of sp³-hybridized carbons (Fsp3) is 0.263. The molecule has 0 aliphatic heterocycles. The molecule has 0 aliphatic carbocycles. The second-order valence-corrected chi connectivity index (χ2v) is 6.35. The molecule has 0 fully saturated rings. The maximum Gasteiger partial charge on any atom is 0.270 e. The minimum absolute atomic E-state index is 0.0126. The predicted octanol–water partition coefficient (Wildman–Crippen LogP) is 2.65. The Kier molecular flexibility index (Phi) is 7.34. The largest absolute Gasteiger partial charge is 0.550 e. The summed E-state index contributed by atoms with van der Waals surface area (Å²) in [5, 5.41) is 24.6. The summed E-state index contributed by atoms with van der Waals surface area (Å²) in [7, 11) is 0. The monoisotopic (exact) mass is 405 g/mol. The fourth-order valence-electron chi connectivity index (χ4n) is 2.47. The first-order chi connectivity index (χ1) is 13.3. The lowest BCUT2D eigenvalue weighted by Gasteiger charge is -2.20. The molecule has 2 aromatic carbocycles. The van der Waals surface area contributed by atoms with Gasteiger partial charge in [0.2, 0.25) is 0 Å². The van der Waals surface area contributed by atoms with Crippen molar-refractivity contribution in [1.82, 2.24) is 5.32 Å². The molecule has 0 aromatic heterocycles. The van der Waals surface area contributed by atoms with E-state index >= 15 is 0 Å². The van der Waals surface area contributed by atoms with Gasteiger partial charge in [0, 0.05) is 24.5 Å². The molecule has 0 radical (unpaired) electrons. The van der Waals surface area contributed by atoms with Gasteiger partial charge >= 0.3 is 0 Å². The maximum absolute atomic E-state index is 12.6. The van der Waals surface area contributed by atoms with E-state index < -0.39 is 29.3 Å². The van der Waals surface area contributed by atoms with Crippen molar-refractivity contribution in [3.63, 3.8) is 0 Å². The molecule has 9 heteroatoms. The molecule has 2 aromatic rings. The Morgan fingerprint density at radius 1 is 1.21 bits per heavy atom. The van der Waals surface area contributed by atoms with Gasteiger partial charge in [-0.1, -0.05) is 30.7 Å². The highest BCUT2D eigenvalue weighted by molar-refractivity contribution is 6.34. The Morgan fingerprint density at radius 2 is 1.89 bits per heavy atom. The van der Waals surface area contributed by atoms with Crippen molar-refractivity contribution in [3.05, 3.63) is 68.7 Å². The van der Waals surface area contributed by atoms with Crippen molar-refractivity contribution in [1.29, 1.82) is 0 Å². The summed E-state index contributed by atoms with van der Waals surface area (Å²) in [4.78, 5) is 33.9. The molecule has 0 heterocycles. The van der Waals surface area contributed by atoms with Gasteiger partial charge in [0.15, 0.2) is 0 Å². The second-order valence-electron chi connectivity index (χ2n) is 5.94. The molecular formula is C19H18ClN2O6-. The molecule has 1 atom stereocenters. The zero-order valence-corrected chi connectivity index (χ0v) is 15.8. The van der Waals surface area contributed by atoms with E-state index in [1.165, 1.54) is 12.1 Å². The molecule has 148 valence electrons. The van der Waals surface area contributed by atoms with Gasteiger partial charge in [-0.3, -0.25) is 14.9 Å². The van der Waals surface area contributed by atoms with Gasteiger partial charge in [-0.15, -0.1) is 0 Å². The van der Waals surface area contributed by atoms with E-state index in [2.05, 4.69) is 5.32 Å². The molecular weight excluding hydrogens is 388 g/mol. The van der Waals surface area contributed by atoms with Gasteiger partial charge in [-0.25, -0.2) is 0 Å². The molecule has 0 bridgehead atoms. The minimum atomic E-state index is -1.36. The zero-order chi connectivity index (χ0) is 20.7. The van der Waals surface area contributed by atoms with E-state index in [-0.39, 0.29) is 16.3 Å². The zero-order valence-electron chi connectivity index (χ0n) is 15.0. The number of aliphatic carboxylic acids is 1. The van der Waals surface area contributed by atoms with Gasteiger partial charge in [-0.2, -0.15) is 0 Å². The van der Waals surface area contributed by atoms with Crippen LogP contribution in [0.25, 0.3) is 0 Å². The van der Waals surface area contributed by atoms with Gasteiger partial charge in [0.1, 0.15) is 5.75 Å². The highest BCUT2D eigenvalue weighted by Crippen LogP contribution is 2.25. The van der Waals surface area contributed by atoms with Crippen LogP contribution in [0.15, 0.2) is 42.5 Å². The topological polar surface area (TPSA) is 122 Å². The normalized spacial score (nSPS) is 11.5. The molecule has 0 saturated carbocycles. The number of nitrogens with one attached hydrogen (secondary N) is 1. The molecule has 1 N–H and O–H groups in total. The maximum atomic E-state index is 12.6. The number of carboxylic acid groups (broad SMARTS) is 1. The highest BCUT2D eigenvalue weighted by atomic mass is 35.5. The fourth-order valence-corrected chi connectivity index (χ4v) is 2.68. The molecule has 8 nitrogen and oxygen atoms in total. The number of carboxylic acids is 1.